The SMILES string of the molecule is [2H]c1c([2H])c([2H])c(-c2ccc3c(c2)-c2cccc(-c4cc(C(C)(C)C)cc(C(C)(C)C)c4)c2-[n+]2[c-]n(-c4[c-]c(Oc5[c-]c6c(cc5)c5ccccc5n6-c5cc(C(C)(C)C)ccn5)ccc4)c4cc(-c5ccc6oc7ccccc7c6c5)cc(c42)-c2ccccc2-3)c([2H])c1[2H].[Pt]. The van der Waals surface area contributed by atoms with E-state index in [1.54, 1.807) is 0 Å². The fourth-order valence-corrected chi connectivity index (χ4v) is 13.2. The topological polar surface area (TPSA) is 49.0 Å². The zero-order valence-corrected chi connectivity index (χ0v) is 54.3. The second-order valence-electron chi connectivity index (χ2n) is 26.9. The van der Waals surface area contributed by atoms with Crippen LogP contribution in [0.15, 0.2) is 241 Å². The van der Waals surface area contributed by atoms with Crippen molar-refractivity contribution in [2.75, 3.05) is 0 Å². The minimum absolute atomic E-state index is 0. The number of benzene rings is 11. The van der Waals surface area contributed by atoms with Crippen molar-refractivity contribution in [1.29, 1.82) is 0 Å². The summed E-state index contributed by atoms with van der Waals surface area (Å²) in [6.45, 7) is 20.2. The number of pyridine rings is 1. The molecule has 5 heterocycles. The summed E-state index contributed by atoms with van der Waals surface area (Å²) in [5.74, 6) is 1.78. The number of para-hydroxylation sites is 3. The number of ether oxygens (including phenoxy) is 1. The van der Waals surface area contributed by atoms with Gasteiger partial charge in [-0.25, -0.2) is 4.98 Å². The quantitative estimate of drug-likeness (QED) is 0.118. The number of hydrogen-bond donors (Lipinski definition) is 0. The van der Waals surface area contributed by atoms with E-state index in [2.05, 4.69) is 240 Å². The van der Waals surface area contributed by atoms with Gasteiger partial charge in [-0.3, -0.25) is 4.57 Å². The van der Waals surface area contributed by atoms with E-state index in [1.165, 1.54) is 16.7 Å². The number of furan rings is 1. The monoisotopic (exact) mass is 1360 g/mol. The average molecular weight is 1360 g/mol. The van der Waals surface area contributed by atoms with Crippen LogP contribution in [0.4, 0.5) is 0 Å². The molecular formula is C84H66N4O2Pt-2. The molecule has 16 rings (SSSR count). The first-order valence-corrected chi connectivity index (χ1v) is 30.8. The van der Waals surface area contributed by atoms with E-state index in [0.717, 1.165) is 122 Å². The van der Waals surface area contributed by atoms with Crippen molar-refractivity contribution in [3.63, 3.8) is 0 Å². The van der Waals surface area contributed by atoms with Gasteiger partial charge in [-0.2, -0.15) is 18.2 Å². The summed E-state index contributed by atoms with van der Waals surface area (Å²) in [5.41, 5.74) is 19.6. The summed E-state index contributed by atoms with van der Waals surface area (Å²) < 4.78 is 64.6. The molecule has 0 aliphatic carbocycles. The maximum Gasteiger partial charge on any atom is 0.268 e. The molecular weight excluding hydrogens is 1290 g/mol. The Bertz CT molecular complexity index is 5680. The molecule has 0 amide bonds. The van der Waals surface area contributed by atoms with Gasteiger partial charge in [0.2, 0.25) is 0 Å². The van der Waals surface area contributed by atoms with Crippen molar-refractivity contribution in [2.45, 2.75) is 78.6 Å². The van der Waals surface area contributed by atoms with Crippen LogP contribution in [-0.2, 0) is 37.3 Å². The number of fused-ring (bicyclic) bond motifs is 13. The van der Waals surface area contributed by atoms with Crippen LogP contribution in [0.1, 0.15) is 85.9 Å². The van der Waals surface area contributed by atoms with Gasteiger partial charge >= 0.3 is 0 Å². The Balaban J connectivity index is 0.00000756. The zero-order valence-electron chi connectivity index (χ0n) is 57.1. The second-order valence-corrected chi connectivity index (χ2v) is 26.9. The first-order chi connectivity index (χ1) is 45.5. The van der Waals surface area contributed by atoms with Crippen molar-refractivity contribution in [1.82, 2.24) is 14.1 Å². The molecule has 91 heavy (non-hydrogen) atoms. The summed E-state index contributed by atoms with van der Waals surface area (Å²) in [6.07, 6.45) is 5.91. The Kier molecular flexibility index (Phi) is 12.4. The predicted octanol–water partition coefficient (Wildman–Crippen LogP) is 21.7. The van der Waals surface area contributed by atoms with E-state index < -0.39 is 18.1 Å². The van der Waals surface area contributed by atoms with Crippen molar-refractivity contribution in [3.8, 4) is 95.5 Å². The number of rotatable bonds is 7. The molecule has 1 aliphatic heterocycles. The van der Waals surface area contributed by atoms with Crippen molar-refractivity contribution < 1.29 is 41.6 Å². The molecule has 0 spiro atoms. The largest absolute Gasteiger partial charge is 0.510 e. The minimum Gasteiger partial charge on any atom is -0.510 e. The van der Waals surface area contributed by atoms with Crippen molar-refractivity contribution >= 4 is 54.8 Å². The van der Waals surface area contributed by atoms with E-state index in [4.69, 9.17) is 18.3 Å². The summed E-state index contributed by atoms with van der Waals surface area (Å²) in [4.78, 5) is 4.93. The van der Waals surface area contributed by atoms with Crippen LogP contribution in [0.5, 0.6) is 11.5 Å². The molecule has 6 nitrogen and oxygen atoms in total. The third-order valence-electron chi connectivity index (χ3n) is 17.9. The van der Waals surface area contributed by atoms with Crippen LogP contribution in [0.3, 0.4) is 0 Å². The number of nitrogens with zero attached hydrogens (tertiary/aromatic N) is 4. The van der Waals surface area contributed by atoms with Crippen molar-refractivity contribution in [2.24, 2.45) is 0 Å². The zero-order chi connectivity index (χ0) is 65.7. The molecule has 7 heteroatoms. The Morgan fingerprint density at radius 3 is 1.87 bits per heavy atom. The van der Waals surface area contributed by atoms with Gasteiger partial charge in [0.25, 0.3) is 6.33 Å². The van der Waals surface area contributed by atoms with Crippen LogP contribution in [0, 0.1) is 18.5 Å². The average Bonchev–Trinajstić information content (AvgIpc) is 1.54. The molecule has 0 N–H and O–H groups in total. The molecule has 1 aliphatic rings. The molecule has 446 valence electrons. The van der Waals surface area contributed by atoms with Crippen LogP contribution in [0.2, 0.25) is 0 Å². The normalized spacial score (nSPS) is 13.1. The Hall–Kier alpha value is -9.87. The van der Waals surface area contributed by atoms with E-state index in [1.807, 2.05) is 60.8 Å². The van der Waals surface area contributed by atoms with Gasteiger partial charge in [-0.1, -0.05) is 219 Å². The maximum absolute atomic E-state index is 9.28. The molecule has 0 radical (unpaired) electrons. The van der Waals surface area contributed by atoms with Crippen LogP contribution >= 0.6 is 0 Å². The van der Waals surface area contributed by atoms with Gasteiger partial charge in [0.05, 0.1) is 23.6 Å². The summed E-state index contributed by atoms with van der Waals surface area (Å²) in [5, 5.41) is 4.15. The van der Waals surface area contributed by atoms with Gasteiger partial charge in [0.1, 0.15) is 17.0 Å². The maximum atomic E-state index is 9.28. The van der Waals surface area contributed by atoms with Gasteiger partial charge < -0.3 is 18.3 Å². The van der Waals surface area contributed by atoms with E-state index >= 15 is 0 Å². The first-order valence-electron chi connectivity index (χ1n) is 33.3. The standard InChI is InChI=1S/C84H66N4O2.Pt/c1-82(2,3)57-39-40-85-79(48-57)88-74-31-17-15-27-67(74)68-37-35-62(50-75(68)88)89-61-24-19-23-60(49-61)86-51-87-80-63(56-41-58(83(4,5)6)47-59(42-56)84(7,8)9)29-20-30-70(80)71-43-53(52-21-11-10-12-22-52)33-36-66(71)64-25-13-14-26-65(64)73-45-55(46-76(86)81(73)87)54-34-38-78-72(44-54)69-28-16-18-32-77(69)90-78;/h10-48H,1-9H3;/q-2;/i10D,11D,12D,21D,22D;. The van der Waals surface area contributed by atoms with Gasteiger partial charge in [0, 0.05) is 55.1 Å². The van der Waals surface area contributed by atoms with E-state index in [-0.39, 0.29) is 55.0 Å². The number of imidazole rings is 1. The van der Waals surface area contributed by atoms with Crippen LogP contribution in [0.25, 0.3) is 139 Å². The first kappa shape index (κ1) is 52.0. The van der Waals surface area contributed by atoms with Crippen LogP contribution in [-0.4, -0.2) is 14.1 Å². The molecule has 0 saturated heterocycles. The number of hydrogen-bond acceptors (Lipinski definition) is 3. The second kappa shape index (κ2) is 21.7. The Morgan fingerprint density at radius 2 is 1.09 bits per heavy atom. The van der Waals surface area contributed by atoms with Gasteiger partial charge in [-0.15, -0.1) is 29.7 Å². The van der Waals surface area contributed by atoms with Crippen LogP contribution < -0.4 is 9.30 Å². The Morgan fingerprint density at radius 1 is 0.451 bits per heavy atom. The molecule has 11 aromatic carbocycles. The van der Waals surface area contributed by atoms with Crippen molar-refractivity contribution in [3.05, 3.63) is 272 Å². The minimum atomic E-state index is -0.442. The summed E-state index contributed by atoms with van der Waals surface area (Å²) >= 11 is 0. The van der Waals surface area contributed by atoms with E-state index in [9.17, 15) is 2.74 Å². The molecule has 4 aromatic heterocycles. The van der Waals surface area contributed by atoms with Gasteiger partial charge in [0.15, 0.2) is 0 Å². The smallest absolute Gasteiger partial charge is 0.268 e. The molecule has 0 saturated carbocycles. The summed E-state index contributed by atoms with van der Waals surface area (Å²) in [7, 11) is 0. The van der Waals surface area contributed by atoms with E-state index in [0.29, 0.717) is 22.7 Å². The third kappa shape index (κ3) is 9.91. The molecule has 0 bridgehead atoms. The molecule has 0 atom stereocenters. The Labute approximate surface area is 553 Å². The predicted molar refractivity (Wildman–Crippen MR) is 370 cm³/mol. The molecule has 0 fully saturated rings. The fourth-order valence-electron chi connectivity index (χ4n) is 13.2. The molecule has 0 unspecified atom stereocenters. The molecule has 15 aromatic rings. The third-order valence-corrected chi connectivity index (χ3v) is 17.9. The van der Waals surface area contributed by atoms with Gasteiger partial charge in [-0.05, 0) is 159 Å². The summed E-state index contributed by atoms with van der Waals surface area (Å²) in [6, 6.07) is 75.3. The number of aromatic nitrogens is 4. The fraction of sp³-hybridized carbons (Fsp3) is 0.143.